The van der Waals surface area contributed by atoms with Crippen molar-refractivity contribution in [1.29, 1.82) is 0 Å². The van der Waals surface area contributed by atoms with Crippen LogP contribution in [0.15, 0.2) is 18.3 Å². The summed E-state index contributed by atoms with van der Waals surface area (Å²) in [6.07, 6.45) is 6.28. The Morgan fingerprint density at radius 1 is 1.50 bits per heavy atom. The van der Waals surface area contributed by atoms with Crippen LogP contribution in [0.4, 0.5) is 5.69 Å². The van der Waals surface area contributed by atoms with Crippen LogP contribution in [0, 0.1) is 0 Å². The molecule has 4 heteroatoms. The molecule has 86 valence electrons. The van der Waals surface area contributed by atoms with Crippen molar-refractivity contribution in [2.24, 2.45) is 0 Å². The van der Waals surface area contributed by atoms with Gasteiger partial charge in [-0.2, -0.15) is 0 Å². The molecule has 16 heavy (non-hydrogen) atoms. The van der Waals surface area contributed by atoms with Crippen molar-refractivity contribution in [3.63, 3.8) is 0 Å². The van der Waals surface area contributed by atoms with Crippen LogP contribution in [0.2, 0.25) is 0 Å². The maximum Gasteiger partial charge on any atom is 0.354 e. The van der Waals surface area contributed by atoms with Gasteiger partial charge in [0.1, 0.15) is 5.69 Å². The molecule has 1 fully saturated rings. The number of carbonyl (C=O) groups is 1. The number of aromatic carboxylic acids is 1. The predicted octanol–water partition coefficient (Wildman–Crippen LogP) is 2.52. The van der Waals surface area contributed by atoms with Gasteiger partial charge in [-0.25, -0.2) is 9.78 Å². The van der Waals surface area contributed by atoms with E-state index < -0.39 is 5.97 Å². The molecule has 1 aliphatic rings. The lowest BCUT2D eigenvalue weighted by Crippen LogP contribution is -2.30. The number of pyridine rings is 1. The molecule has 1 saturated carbocycles. The number of anilines is 1. The summed E-state index contributed by atoms with van der Waals surface area (Å²) < 4.78 is 0. The maximum atomic E-state index is 10.8. The molecule has 4 nitrogen and oxygen atoms in total. The number of nitrogens with one attached hydrogen (secondary N) is 1. The first-order chi connectivity index (χ1) is 7.59. The van der Waals surface area contributed by atoms with Crippen molar-refractivity contribution >= 4 is 11.7 Å². The fourth-order valence-corrected chi connectivity index (χ4v) is 2.25. The molecular formula is C12H16N2O2. The average molecular weight is 220 g/mol. The smallest absolute Gasteiger partial charge is 0.354 e. The lowest BCUT2D eigenvalue weighted by atomic mass is 10.0. The molecular weight excluding hydrogens is 204 g/mol. The Balaban J connectivity index is 2.15. The van der Waals surface area contributed by atoms with Crippen LogP contribution in [-0.4, -0.2) is 21.6 Å². The molecule has 0 unspecified atom stereocenters. The average Bonchev–Trinajstić information content (AvgIpc) is 2.65. The molecule has 0 atom stereocenters. The number of hydrogen-bond acceptors (Lipinski definition) is 3. The number of rotatable bonds is 3. The monoisotopic (exact) mass is 220 g/mol. The Morgan fingerprint density at radius 3 is 2.81 bits per heavy atom. The number of hydrogen-bond donors (Lipinski definition) is 2. The molecule has 0 bridgehead atoms. The van der Waals surface area contributed by atoms with E-state index in [2.05, 4.69) is 17.2 Å². The van der Waals surface area contributed by atoms with Gasteiger partial charge in [0.2, 0.25) is 0 Å². The number of aromatic nitrogens is 1. The highest BCUT2D eigenvalue weighted by molar-refractivity contribution is 5.86. The number of carboxylic acid groups (broad SMARTS) is 1. The van der Waals surface area contributed by atoms with Crippen molar-refractivity contribution in [2.45, 2.75) is 38.1 Å². The zero-order chi connectivity index (χ0) is 11.6. The van der Waals surface area contributed by atoms with Gasteiger partial charge in [-0.1, -0.05) is 12.8 Å². The predicted molar refractivity (Wildman–Crippen MR) is 61.7 cm³/mol. The highest BCUT2D eigenvalue weighted by Gasteiger charge is 2.28. The minimum absolute atomic E-state index is 0.0894. The number of carboxylic acids is 1. The van der Waals surface area contributed by atoms with E-state index in [1.165, 1.54) is 19.0 Å². The summed E-state index contributed by atoms with van der Waals surface area (Å²) in [5, 5.41) is 12.3. The van der Waals surface area contributed by atoms with Crippen LogP contribution in [-0.2, 0) is 0 Å². The molecule has 0 saturated heterocycles. The van der Waals surface area contributed by atoms with Crippen molar-refractivity contribution < 1.29 is 9.90 Å². The fraction of sp³-hybridized carbons (Fsp3) is 0.500. The van der Waals surface area contributed by atoms with Crippen LogP contribution in [0.1, 0.15) is 43.1 Å². The molecule has 0 spiro atoms. The molecule has 2 N–H and O–H groups in total. The van der Waals surface area contributed by atoms with Gasteiger partial charge < -0.3 is 10.4 Å². The Kier molecular flexibility index (Phi) is 2.81. The van der Waals surface area contributed by atoms with Gasteiger partial charge in [0.25, 0.3) is 0 Å². The minimum Gasteiger partial charge on any atom is -0.477 e. The van der Waals surface area contributed by atoms with Gasteiger partial charge in [-0.15, -0.1) is 0 Å². The van der Waals surface area contributed by atoms with Crippen molar-refractivity contribution in [3.05, 3.63) is 24.0 Å². The van der Waals surface area contributed by atoms with Crippen LogP contribution in [0.25, 0.3) is 0 Å². The molecule has 1 aliphatic carbocycles. The normalized spacial score (nSPS) is 18.3. The van der Waals surface area contributed by atoms with Gasteiger partial charge in [0.15, 0.2) is 0 Å². The Labute approximate surface area is 94.7 Å². The molecule has 1 aromatic rings. The fourth-order valence-electron chi connectivity index (χ4n) is 2.25. The van der Waals surface area contributed by atoms with Gasteiger partial charge in [-0.3, -0.25) is 0 Å². The first-order valence-electron chi connectivity index (χ1n) is 5.57. The highest BCUT2D eigenvalue weighted by atomic mass is 16.4. The molecule has 0 aromatic carbocycles. The standard InChI is InChI=1S/C12H16N2O2/c1-12(5-2-3-6-12)14-9-4-7-13-10(8-9)11(15)16/h4,7-8H,2-3,5-6H2,1H3,(H,13,14)(H,15,16). The van der Waals surface area contributed by atoms with Crippen molar-refractivity contribution in [3.8, 4) is 0 Å². The van der Waals surface area contributed by atoms with E-state index in [1.807, 2.05) is 6.07 Å². The van der Waals surface area contributed by atoms with E-state index in [4.69, 9.17) is 5.11 Å². The van der Waals surface area contributed by atoms with Gasteiger partial charge in [0, 0.05) is 17.4 Å². The summed E-state index contributed by atoms with van der Waals surface area (Å²) in [6.45, 7) is 2.18. The zero-order valence-corrected chi connectivity index (χ0v) is 9.36. The molecule has 2 rings (SSSR count). The maximum absolute atomic E-state index is 10.8. The summed E-state index contributed by atoms with van der Waals surface area (Å²) in [6, 6.07) is 3.40. The molecule has 1 heterocycles. The summed E-state index contributed by atoms with van der Waals surface area (Å²) in [5.74, 6) is -0.986. The number of nitrogens with zero attached hydrogens (tertiary/aromatic N) is 1. The third-order valence-electron chi connectivity index (χ3n) is 3.13. The van der Waals surface area contributed by atoms with Crippen LogP contribution >= 0.6 is 0 Å². The van der Waals surface area contributed by atoms with E-state index in [1.54, 1.807) is 6.07 Å². The largest absolute Gasteiger partial charge is 0.477 e. The molecule has 0 aliphatic heterocycles. The lowest BCUT2D eigenvalue weighted by Gasteiger charge is -2.26. The topological polar surface area (TPSA) is 62.2 Å². The quantitative estimate of drug-likeness (QED) is 0.821. The Bertz CT molecular complexity index is 398. The summed E-state index contributed by atoms with van der Waals surface area (Å²) in [7, 11) is 0. The van der Waals surface area contributed by atoms with Gasteiger partial charge in [0.05, 0.1) is 0 Å². The Morgan fingerprint density at radius 2 is 2.19 bits per heavy atom. The third-order valence-corrected chi connectivity index (χ3v) is 3.13. The van der Waals surface area contributed by atoms with E-state index in [0.717, 1.165) is 18.5 Å². The molecule has 1 aromatic heterocycles. The van der Waals surface area contributed by atoms with E-state index in [9.17, 15) is 4.79 Å². The SMILES string of the molecule is CC1(Nc2ccnc(C(=O)O)c2)CCCC1. The highest BCUT2D eigenvalue weighted by Crippen LogP contribution is 2.32. The summed E-state index contributed by atoms with van der Waals surface area (Å²) in [5.41, 5.74) is 1.04. The third kappa shape index (κ3) is 2.32. The second-order valence-electron chi connectivity index (χ2n) is 4.63. The molecule has 0 radical (unpaired) electrons. The Hall–Kier alpha value is -1.58. The summed E-state index contributed by atoms with van der Waals surface area (Å²) >= 11 is 0. The minimum atomic E-state index is -0.986. The van der Waals surface area contributed by atoms with E-state index >= 15 is 0 Å². The first kappa shape index (κ1) is 10.9. The second-order valence-corrected chi connectivity index (χ2v) is 4.63. The van der Waals surface area contributed by atoms with Crippen LogP contribution in [0.3, 0.4) is 0 Å². The van der Waals surface area contributed by atoms with E-state index in [0.29, 0.717) is 0 Å². The van der Waals surface area contributed by atoms with Crippen molar-refractivity contribution in [2.75, 3.05) is 5.32 Å². The van der Waals surface area contributed by atoms with Crippen LogP contribution in [0.5, 0.6) is 0 Å². The van der Waals surface area contributed by atoms with E-state index in [-0.39, 0.29) is 11.2 Å². The lowest BCUT2D eigenvalue weighted by molar-refractivity contribution is 0.0690. The van der Waals surface area contributed by atoms with Crippen molar-refractivity contribution in [1.82, 2.24) is 4.98 Å². The molecule has 0 amide bonds. The second kappa shape index (κ2) is 4.12. The van der Waals surface area contributed by atoms with Crippen LogP contribution < -0.4 is 5.32 Å². The zero-order valence-electron chi connectivity index (χ0n) is 9.36. The first-order valence-corrected chi connectivity index (χ1v) is 5.57. The van der Waals surface area contributed by atoms with Gasteiger partial charge >= 0.3 is 5.97 Å². The summed E-state index contributed by atoms with van der Waals surface area (Å²) in [4.78, 5) is 14.6. The van der Waals surface area contributed by atoms with Gasteiger partial charge in [-0.05, 0) is 31.9 Å².